The highest BCUT2D eigenvalue weighted by Crippen LogP contribution is 2.28. The minimum absolute atomic E-state index is 0.127. The molecule has 0 fully saturated rings. The van der Waals surface area contributed by atoms with Crippen LogP contribution in [-0.2, 0) is 0 Å². The number of anilines is 1. The van der Waals surface area contributed by atoms with Crippen LogP contribution in [0.15, 0.2) is 54.7 Å². The second-order valence-electron chi connectivity index (χ2n) is 4.46. The van der Waals surface area contributed by atoms with Crippen molar-refractivity contribution in [2.24, 2.45) is 0 Å². The Bertz CT molecular complexity index is 678. The first-order valence-corrected chi connectivity index (χ1v) is 6.62. The molecule has 0 heterocycles. The number of allylic oxidation sites excluding steroid dienone is 1. The molecule has 5 heteroatoms. The maximum atomic E-state index is 11.9. The zero-order chi connectivity index (χ0) is 15.9. The number of carbonyl (C=O) groups excluding carboxylic acids is 1. The first-order valence-electron chi connectivity index (χ1n) is 6.62. The van der Waals surface area contributed by atoms with Gasteiger partial charge in [0, 0.05) is 23.9 Å². The molecular weight excluding hydrogens is 282 g/mol. The summed E-state index contributed by atoms with van der Waals surface area (Å²) in [6.07, 6.45) is 2.95. The number of carbonyl (C=O) groups is 1. The molecule has 0 aromatic heterocycles. The number of methoxy groups -OCH3 is 2. The molecule has 0 radical (unpaired) electrons. The van der Waals surface area contributed by atoms with Crippen molar-refractivity contribution in [2.75, 3.05) is 19.5 Å². The van der Waals surface area contributed by atoms with E-state index in [-0.39, 0.29) is 11.5 Å². The summed E-state index contributed by atoms with van der Waals surface area (Å²) in [7, 11) is 3.14. The number of aromatic hydroxyl groups is 1. The molecule has 0 spiro atoms. The summed E-state index contributed by atoms with van der Waals surface area (Å²) in [4.78, 5) is 11.9. The average molecular weight is 299 g/mol. The van der Waals surface area contributed by atoms with Crippen LogP contribution in [0.25, 0.3) is 0 Å². The van der Waals surface area contributed by atoms with Gasteiger partial charge in [-0.2, -0.15) is 0 Å². The minimum Gasteiger partial charge on any atom is -0.508 e. The molecule has 22 heavy (non-hydrogen) atoms. The van der Waals surface area contributed by atoms with E-state index in [1.165, 1.54) is 18.2 Å². The van der Waals surface area contributed by atoms with Crippen molar-refractivity contribution in [3.05, 3.63) is 60.3 Å². The fourth-order valence-corrected chi connectivity index (χ4v) is 1.85. The van der Waals surface area contributed by atoms with Crippen LogP contribution in [0.3, 0.4) is 0 Å². The Kier molecular flexibility index (Phi) is 5.03. The van der Waals surface area contributed by atoms with Crippen LogP contribution in [0.5, 0.6) is 17.2 Å². The number of benzene rings is 2. The number of ether oxygens (including phenoxy) is 2. The van der Waals surface area contributed by atoms with Gasteiger partial charge in [0.1, 0.15) is 17.2 Å². The van der Waals surface area contributed by atoms with Crippen molar-refractivity contribution in [1.29, 1.82) is 0 Å². The normalized spacial score (nSPS) is 10.5. The molecule has 2 N–H and O–H groups in total. The molecular formula is C17H17NO4. The van der Waals surface area contributed by atoms with Gasteiger partial charge in [-0.1, -0.05) is 0 Å². The Labute approximate surface area is 128 Å². The second-order valence-corrected chi connectivity index (χ2v) is 4.46. The first-order chi connectivity index (χ1) is 10.6. The van der Waals surface area contributed by atoms with E-state index in [0.29, 0.717) is 17.1 Å². The van der Waals surface area contributed by atoms with Gasteiger partial charge in [0.2, 0.25) is 0 Å². The van der Waals surface area contributed by atoms with E-state index in [4.69, 9.17) is 9.47 Å². The van der Waals surface area contributed by atoms with Crippen molar-refractivity contribution < 1.29 is 19.4 Å². The molecule has 2 rings (SSSR count). The number of rotatable bonds is 6. The number of hydrogen-bond acceptors (Lipinski definition) is 5. The first kappa shape index (κ1) is 15.4. The summed E-state index contributed by atoms with van der Waals surface area (Å²) in [5.74, 6) is 1.26. The lowest BCUT2D eigenvalue weighted by Crippen LogP contribution is -1.97. The van der Waals surface area contributed by atoms with Crippen LogP contribution in [0.1, 0.15) is 10.4 Å². The Morgan fingerprint density at radius 1 is 1.09 bits per heavy atom. The number of hydrogen-bond donors (Lipinski definition) is 2. The summed E-state index contributed by atoms with van der Waals surface area (Å²) in [5.41, 5.74) is 1.22. The lowest BCUT2D eigenvalue weighted by atomic mass is 10.1. The van der Waals surface area contributed by atoms with Gasteiger partial charge in [0.15, 0.2) is 5.78 Å². The quantitative estimate of drug-likeness (QED) is 0.633. The smallest absolute Gasteiger partial charge is 0.187 e. The lowest BCUT2D eigenvalue weighted by Gasteiger charge is -2.09. The maximum absolute atomic E-state index is 11.9. The maximum Gasteiger partial charge on any atom is 0.187 e. The third-order valence-electron chi connectivity index (χ3n) is 3.03. The van der Waals surface area contributed by atoms with Crippen molar-refractivity contribution in [1.82, 2.24) is 0 Å². The number of nitrogens with one attached hydrogen (secondary N) is 1. The monoisotopic (exact) mass is 299 g/mol. The molecule has 2 aromatic carbocycles. The summed E-state index contributed by atoms with van der Waals surface area (Å²) in [6.45, 7) is 0. The van der Waals surface area contributed by atoms with Gasteiger partial charge in [-0.15, -0.1) is 0 Å². The van der Waals surface area contributed by atoms with E-state index < -0.39 is 0 Å². The molecule has 0 unspecified atom stereocenters. The molecule has 0 aliphatic carbocycles. The largest absolute Gasteiger partial charge is 0.508 e. The summed E-state index contributed by atoms with van der Waals surface area (Å²) in [5, 5.41) is 12.2. The van der Waals surface area contributed by atoms with Crippen LogP contribution in [0.4, 0.5) is 5.69 Å². The molecule has 5 nitrogen and oxygen atoms in total. The SMILES string of the molecule is COc1ccc(NC=CC(=O)c2ccc(O)cc2)c(OC)c1. The van der Waals surface area contributed by atoms with Gasteiger partial charge in [-0.3, -0.25) is 4.79 Å². The molecule has 0 aliphatic heterocycles. The van der Waals surface area contributed by atoms with Crippen LogP contribution in [0.2, 0.25) is 0 Å². The molecule has 0 saturated heterocycles. The van der Waals surface area contributed by atoms with E-state index in [2.05, 4.69) is 5.32 Å². The van der Waals surface area contributed by atoms with Gasteiger partial charge in [-0.05, 0) is 36.4 Å². The highest BCUT2D eigenvalue weighted by atomic mass is 16.5. The van der Waals surface area contributed by atoms with Gasteiger partial charge in [-0.25, -0.2) is 0 Å². The van der Waals surface area contributed by atoms with Gasteiger partial charge in [0.05, 0.1) is 19.9 Å². The Morgan fingerprint density at radius 2 is 1.82 bits per heavy atom. The summed E-state index contributed by atoms with van der Waals surface area (Å²) >= 11 is 0. The van der Waals surface area contributed by atoms with Gasteiger partial charge >= 0.3 is 0 Å². The Morgan fingerprint density at radius 3 is 2.45 bits per heavy atom. The number of phenols is 1. The molecule has 0 amide bonds. The standard InChI is InChI=1S/C17H17NO4/c1-21-14-7-8-15(17(11-14)22-2)18-10-9-16(20)12-3-5-13(19)6-4-12/h3-11,18-19H,1-2H3. The van der Waals surface area contributed by atoms with Crippen LogP contribution in [-0.4, -0.2) is 25.1 Å². The number of ketones is 1. The second kappa shape index (κ2) is 7.17. The highest BCUT2D eigenvalue weighted by Gasteiger charge is 2.04. The average Bonchev–Trinajstić information content (AvgIpc) is 2.55. The molecule has 0 aliphatic rings. The van der Waals surface area contributed by atoms with Crippen LogP contribution >= 0.6 is 0 Å². The van der Waals surface area contributed by atoms with Crippen molar-refractivity contribution in [2.45, 2.75) is 0 Å². The zero-order valence-electron chi connectivity index (χ0n) is 12.4. The van der Waals surface area contributed by atoms with E-state index in [0.717, 1.165) is 5.69 Å². The Balaban J connectivity index is 2.06. The van der Waals surface area contributed by atoms with E-state index in [9.17, 15) is 9.90 Å². The van der Waals surface area contributed by atoms with Crippen molar-refractivity contribution in [3.63, 3.8) is 0 Å². The molecule has 114 valence electrons. The summed E-state index contributed by atoms with van der Waals surface area (Å²) < 4.78 is 10.4. The number of phenolic OH excluding ortho intramolecular Hbond substituents is 1. The predicted octanol–water partition coefficient (Wildman–Crippen LogP) is 3.22. The summed E-state index contributed by atoms with van der Waals surface area (Å²) in [6, 6.07) is 11.4. The molecule has 0 bridgehead atoms. The minimum atomic E-state index is -0.167. The van der Waals surface area contributed by atoms with Crippen molar-refractivity contribution >= 4 is 11.5 Å². The predicted molar refractivity (Wildman–Crippen MR) is 84.7 cm³/mol. The van der Waals surface area contributed by atoms with E-state index in [1.54, 1.807) is 50.8 Å². The zero-order valence-corrected chi connectivity index (χ0v) is 12.4. The third kappa shape index (κ3) is 3.79. The van der Waals surface area contributed by atoms with E-state index in [1.807, 2.05) is 0 Å². The van der Waals surface area contributed by atoms with Crippen LogP contribution in [0, 0.1) is 0 Å². The third-order valence-corrected chi connectivity index (χ3v) is 3.03. The highest BCUT2D eigenvalue weighted by molar-refractivity contribution is 6.04. The Hall–Kier alpha value is -2.95. The topological polar surface area (TPSA) is 67.8 Å². The van der Waals surface area contributed by atoms with Crippen molar-refractivity contribution in [3.8, 4) is 17.2 Å². The van der Waals surface area contributed by atoms with E-state index >= 15 is 0 Å². The van der Waals surface area contributed by atoms with Crippen LogP contribution < -0.4 is 14.8 Å². The molecule has 0 atom stereocenters. The van der Waals surface area contributed by atoms with Gasteiger partial charge in [0.25, 0.3) is 0 Å². The lowest BCUT2D eigenvalue weighted by molar-refractivity contribution is 0.104. The van der Waals surface area contributed by atoms with Gasteiger partial charge < -0.3 is 19.9 Å². The molecule has 0 saturated carbocycles. The molecule has 2 aromatic rings. The fraction of sp³-hybridized carbons (Fsp3) is 0.118. The fourth-order valence-electron chi connectivity index (χ4n) is 1.85.